The molecule has 0 saturated carbocycles. The highest BCUT2D eigenvalue weighted by atomic mass is 16.4. The molecule has 4 nitrogen and oxygen atoms in total. The quantitative estimate of drug-likeness (QED) is 0.839. The number of rotatable bonds is 4. The zero-order chi connectivity index (χ0) is 13.9. The summed E-state index contributed by atoms with van der Waals surface area (Å²) in [5, 5.41) is 8.84. The maximum Gasteiger partial charge on any atom is 0.303 e. The van der Waals surface area contributed by atoms with Crippen molar-refractivity contribution in [2.75, 3.05) is 6.54 Å². The van der Waals surface area contributed by atoms with Crippen LogP contribution in [-0.4, -0.2) is 34.5 Å². The van der Waals surface area contributed by atoms with Gasteiger partial charge >= 0.3 is 5.97 Å². The highest BCUT2D eigenvalue weighted by Crippen LogP contribution is 2.29. The van der Waals surface area contributed by atoms with Gasteiger partial charge in [-0.3, -0.25) is 9.59 Å². The molecule has 1 amide bonds. The van der Waals surface area contributed by atoms with Gasteiger partial charge in [-0.05, 0) is 31.1 Å². The minimum Gasteiger partial charge on any atom is -0.481 e. The molecule has 0 aliphatic carbocycles. The lowest BCUT2D eigenvalue weighted by Crippen LogP contribution is -2.47. The standard InChI is InChI=1S/C14H25NO3/c1-10-6-5-7-15(11(10)2)12(16)8-14(3,4)9-13(17)18/h10-11H,5-9H2,1-4H3,(H,17,18)/t10-,11-/m1/s1. The molecular weight excluding hydrogens is 230 g/mol. The first-order valence-electron chi connectivity index (χ1n) is 6.74. The molecule has 1 heterocycles. The molecular formula is C14H25NO3. The predicted molar refractivity (Wildman–Crippen MR) is 70.2 cm³/mol. The largest absolute Gasteiger partial charge is 0.481 e. The van der Waals surface area contributed by atoms with E-state index in [9.17, 15) is 9.59 Å². The van der Waals surface area contributed by atoms with Crippen LogP contribution in [0.25, 0.3) is 0 Å². The summed E-state index contributed by atoms with van der Waals surface area (Å²) in [5.74, 6) is -0.210. The first-order chi connectivity index (χ1) is 8.23. The fourth-order valence-electron chi connectivity index (χ4n) is 2.67. The Kier molecular flexibility index (Phi) is 4.77. The normalized spacial score (nSPS) is 25.0. The summed E-state index contributed by atoms with van der Waals surface area (Å²) in [5.41, 5.74) is -0.469. The van der Waals surface area contributed by atoms with Crippen LogP contribution < -0.4 is 0 Å². The Morgan fingerprint density at radius 2 is 1.89 bits per heavy atom. The fourth-order valence-corrected chi connectivity index (χ4v) is 2.67. The van der Waals surface area contributed by atoms with Crippen LogP contribution in [0.4, 0.5) is 0 Å². The van der Waals surface area contributed by atoms with Crippen molar-refractivity contribution in [2.45, 2.75) is 59.4 Å². The second-order valence-corrected chi connectivity index (χ2v) is 6.36. The molecule has 1 N–H and O–H groups in total. The van der Waals surface area contributed by atoms with Crippen molar-refractivity contribution >= 4 is 11.9 Å². The van der Waals surface area contributed by atoms with Crippen LogP contribution in [0.1, 0.15) is 53.4 Å². The number of piperidine rings is 1. The highest BCUT2D eigenvalue weighted by Gasteiger charge is 2.32. The Balaban J connectivity index is 2.61. The number of hydrogen-bond donors (Lipinski definition) is 1. The number of nitrogens with zero attached hydrogens (tertiary/aromatic N) is 1. The molecule has 1 saturated heterocycles. The molecule has 0 unspecified atom stereocenters. The Bertz CT molecular complexity index is 325. The molecule has 1 aliphatic heterocycles. The molecule has 104 valence electrons. The summed E-state index contributed by atoms with van der Waals surface area (Å²) in [6.07, 6.45) is 2.58. The third kappa shape index (κ3) is 4.00. The maximum atomic E-state index is 12.3. The number of carbonyl (C=O) groups excluding carboxylic acids is 1. The van der Waals surface area contributed by atoms with Crippen LogP contribution in [0.15, 0.2) is 0 Å². The monoisotopic (exact) mass is 255 g/mol. The average Bonchev–Trinajstić information content (AvgIpc) is 2.18. The molecule has 0 spiro atoms. The van der Waals surface area contributed by atoms with Gasteiger partial charge in [0, 0.05) is 19.0 Å². The number of aliphatic carboxylic acids is 1. The number of amides is 1. The minimum atomic E-state index is -0.840. The lowest BCUT2D eigenvalue weighted by molar-refractivity contribution is -0.142. The number of hydrogen-bond acceptors (Lipinski definition) is 2. The van der Waals surface area contributed by atoms with Gasteiger partial charge in [0.25, 0.3) is 0 Å². The summed E-state index contributed by atoms with van der Waals surface area (Å²) in [4.78, 5) is 25.0. The van der Waals surface area contributed by atoms with E-state index in [0.717, 1.165) is 13.0 Å². The van der Waals surface area contributed by atoms with E-state index in [1.54, 1.807) is 0 Å². The lowest BCUT2D eigenvalue weighted by Gasteiger charge is -2.39. The van der Waals surface area contributed by atoms with E-state index >= 15 is 0 Å². The molecule has 0 bridgehead atoms. The molecule has 0 aromatic heterocycles. The Labute approximate surface area is 109 Å². The number of carboxylic acids is 1. The van der Waals surface area contributed by atoms with Gasteiger partial charge in [-0.2, -0.15) is 0 Å². The summed E-state index contributed by atoms with van der Waals surface area (Å²) in [6, 6.07) is 0.270. The second-order valence-electron chi connectivity index (χ2n) is 6.36. The first-order valence-corrected chi connectivity index (χ1v) is 6.74. The molecule has 4 heteroatoms. The van der Waals surface area contributed by atoms with Crippen molar-refractivity contribution in [3.05, 3.63) is 0 Å². The topological polar surface area (TPSA) is 57.6 Å². The summed E-state index contributed by atoms with van der Waals surface area (Å²) in [7, 11) is 0. The van der Waals surface area contributed by atoms with Gasteiger partial charge in [0.15, 0.2) is 0 Å². The van der Waals surface area contributed by atoms with Gasteiger partial charge in [-0.15, -0.1) is 0 Å². The van der Waals surface area contributed by atoms with Crippen LogP contribution in [0, 0.1) is 11.3 Å². The lowest BCUT2D eigenvalue weighted by atomic mass is 9.84. The van der Waals surface area contributed by atoms with E-state index in [-0.39, 0.29) is 18.4 Å². The van der Waals surface area contributed by atoms with Gasteiger partial charge < -0.3 is 10.0 Å². The fraction of sp³-hybridized carbons (Fsp3) is 0.857. The van der Waals surface area contributed by atoms with E-state index in [4.69, 9.17) is 5.11 Å². The minimum absolute atomic E-state index is 0.0382. The Morgan fingerprint density at radius 1 is 1.28 bits per heavy atom. The third-order valence-corrected chi connectivity index (χ3v) is 3.95. The molecule has 0 aromatic rings. The van der Waals surface area contributed by atoms with Crippen molar-refractivity contribution in [1.29, 1.82) is 0 Å². The zero-order valence-electron chi connectivity index (χ0n) is 11.9. The van der Waals surface area contributed by atoms with Crippen molar-refractivity contribution < 1.29 is 14.7 Å². The van der Waals surface area contributed by atoms with Crippen LogP contribution in [0.3, 0.4) is 0 Å². The SMILES string of the molecule is C[C@@H]1CCCN(C(=O)CC(C)(C)CC(=O)O)[C@@H]1C. The van der Waals surface area contributed by atoms with E-state index in [2.05, 4.69) is 13.8 Å². The second kappa shape index (κ2) is 5.72. The predicted octanol–water partition coefficient (Wildman–Crippen LogP) is 2.52. The van der Waals surface area contributed by atoms with E-state index < -0.39 is 11.4 Å². The van der Waals surface area contributed by atoms with Crippen molar-refractivity contribution in [3.8, 4) is 0 Å². The van der Waals surface area contributed by atoms with E-state index in [0.29, 0.717) is 12.3 Å². The van der Waals surface area contributed by atoms with Crippen molar-refractivity contribution in [1.82, 2.24) is 4.90 Å². The van der Waals surface area contributed by atoms with Crippen LogP contribution >= 0.6 is 0 Å². The summed E-state index contributed by atoms with van der Waals surface area (Å²) < 4.78 is 0. The summed E-state index contributed by atoms with van der Waals surface area (Å²) >= 11 is 0. The van der Waals surface area contributed by atoms with Gasteiger partial charge in [0.05, 0.1) is 6.42 Å². The van der Waals surface area contributed by atoms with Gasteiger partial charge in [-0.1, -0.05) is 20.8 Å². The van der Waals surface area contributed by atoms with Crippen LogP contribution in [0.2, 0.25) is 0 Å². The average molecular weight is 255 g/mol. The van der Waals surface area contributed by atoms with E-state index in [1.165, 1.54) is 6.42 Å². The molecule has 18 heavy (non-hydrogen) atoms. The van der Waals surface area contributed by atoms with Gasteiger partial charge in [0.1, 0.15) is 0 Å². The molecule has 1 fully saturated rings. The zero-order valence-corrected chi connectivity index (χ0v) is 11.9. The smallest absolute Gasteiger partial charge is 0.303 e. The van der Waals surface area contributed by atoms with Crippen molar-refractivity contribution in [3.63, 3.8) is 0 Å². The Hall–Kier alpha value is -1.06. The van der Waals surface area contributed by atoms with Crippen molar-refractivity contribution in [2.24, 2.45) is 11.3 Å². The van der Waals surface area contributed by atoms with Crippen LogP contribution in [-0.2, 0) is 9.59 Å². The molecule has 0 radical (unpaired) electrons. The molecule has 2 atom stereocenters. The maximum absolute atomic E-state index is 12.3. The number of likely N-dealkylation sites (tertiary alicyclic amines) is 1. The molecule has 1 rings (SSSR count). The highest BCUT2D eigenvalue weighted by molar-refractivity contribution is 5.78. The van der Waals surface area contributed by atoms with Gasteiger partial charge in [0.2, 0.25) is 5.91 Å². The number of carbonyl (C=O) groups is 2. The first kappa shape index (κ1) is 15.0. The van der Waals surface area contributed by atoms with Crippen LogP contribution in [0.5, 0.6) is 0 Å². The number of carboxylic acid groups (broad SMARTS) is 1. The third-order valence-electron chi connectivity index (χ3n) is 3.95. The molecule has 1 aliphatic rings. The van der Waals surface area contributed by atoms with E-state index in [1.807, 2.05) is 18.7 Å². The Morgan fingerprint density at radius 3 is 2.44 bits per heavy atom. The van der Waals surface area contributed by atoms with Gasteiger partial charge in [-0.25, -0.2) is 0 Å². The molecule has 0 aromatic carbocycles. The summed E-state index contributed by atoms with van der Waals surface area (Å²) in [6.45, 7) is 8.76.